The number of ether oxygens (including phenoxy) is 1. The molecule has 1 aliphatic heterocycles. The minimum Gasteiger partial charge on any atom is -0.378 e. The molecule has 1 aromatic carbocycles. The van der Waals surface area contributed by atoms with E-state index in [2.05, 4.69) is 31.2 Å². The molecule has 1 saturated heterocycles. The monoisotopic (exact) mass is 231 g/mol. The van der Waals surface area contributed by atoms with Crippen LogP contribution in [-0.4, -0.2) is 18.8 Å². The average molecular weight is 231 g/mol. The summed E-state index contributed by atoms with van der Waals surface area (Å²) in [6.45, 7) is 3.05. The van der Waals surface area contributed by atoms with Crippen LogP contribution in [0.5, 0.6) is 0 Å². The molecule has 0 amide bonds. The standard InChI is InChI=1S/C15H21NO/c1-10-13(6-7-17-10)15(16)9-12-8-11-4-2-3-5-14(11)12/h2-5,10,12-13,15H,6-9,16H2,1H3. The van der Waals surface area contributed by atoms with Gasteiger partial charge in [0.25, 0.3) is 0 Å². The lowest BCUT2D eigenvalue weighted by atomic mass is 9.72. The van der Waals surface area contributed by atoms with Crippen LogP contribution in [0.1, 0.15) is 36.8 Å². The number of nitrogens with two attached hydrogens (primary N) is 1. The molecule has 3 rings (SSSR count). The van der Waals surface area contributed by atoms with Gasteiger partial charge >= 0.3 is 0 Å². The fraction of sp³-hybridized carbons (Fsp3) is 0.600. The van der Waals surface area contributed by atoms with Crippen molar-refractivity contribution in [3.8, 4) is 0 Å². The molecule has 2 aliphatic rings. The molecule has 1 aliphatic carbocycles. The molecule has 0 aromatic heterocycles. The first-order valence-corrected chi connectivity index (χ1v) is 6.70. The van der Waals surface area contributed by atoms with Gasteiger partial charge in [-0.2, -0.15) is 0 Å². The highest BCUT2D eigenvalue weighted by Crippen LogP contribution is 2.39. The van der Waals surface area contributed by atoms with Gasteiger partial charge in [0.15, 0.2) is 0 Å². The van der Waals surface area contributed by atoms with Gasteiger partial charge in [0.2, 0.25) is 0 Å². The summed E-state index contributed by atoms with van der Waals surface area (Å²) >= 11 is 0. The molecule has 2 heteroatoms. The van der Waals surface area contributed by atoms with Crippen LogP contribution < -0.4 is 5.73 Å². The third-order valence-electron chi connectivity index (χ3n) is 4.50. The summed E-state index contributed by atoms with van der Waals surface area (Å²) in [7, 11) is 0. The quantitative estimate of drug-likeness (QED) is 0.867. The SMILES string of the molecule is CC1OCCC1C(N)CC1Cc2ccccc21. The van der Waals surface area contributed by atoms with Gasteiger partial charge in [-0.15, -0.1) is 0 Å². The van der Waals surface area contributed by atoms with E-state index in [-0.39, 0.29) is 0 Å². The summed E-state index contributed by atoms with van der Waals surface area (Å²) < 4.78 is 5.61. The molecular formula is C15H21NO. The predicted octanol–water partition coefficient (Wildman–Crippen LogP) is 2.47. The third-order valence-corrected chi connectivity index (χ3v) is 4.50. The molecule has 0 saturated carbocycles. The van der Waals surface area contributed by atoms with E-state index in [0.29, 0.717) is 24.0 Å². The molecule has 17 heavy (non-hydrogen) atoms. The molecule has 1 aromatic rings. The Hall–Kier alpha value is -0.860. The molecule has 4 unspecified atom stereocenters. The van der Waals surface area contributed by atoms with Crippen molar-refractivity contribution in [2.75, 3.05) is 6.61 Å². The molecule has 2 N–H and O–H groups in total. The first kappa shape index (κ1) is 11.2. The Kier molecular flexibility index (Phi) is 2.93. The lowest BCUT2D eigenvalue weighted by molar-refractivity contribution is 0.0976. The maximum absolute atomic E-state index is 6.36. The Labute approximate surface area is 103 Å². The van der Waals surface area contributed by atoms with Gasteiger partial charge in [0.05, 0.1) is 6.10 Å². The summed E-state index contributed by atoms with van der Waals surface area (Å²) in [5.41, 5.74) is 9.39. The van der Waals surface area contributed by atoms with E-state index < -0.39 is 0 Å². The Morgan fingerprint density at radius 2 is 2.24 bits per heavy atom. The van der Waals surface area contributed by atoms with Gasteiger partial charge in [0.1, 0.15) is 0 Å². The third kappa shape index (κ3) is 2.00. The van der Waals surface area contributed by atoms with Crippen molar-refractivity contribution in [1.82, 2.24) is 0 Å². The lowest BCUT2D eigenvalue weighted by Gasteiger charge is -2.34. The van der Waals surface area contributed by atoms with E-state index in [1.807, 2.05) is 0 Å². The Balaban J connectivity index is 1.62. The molecule has 4 atom stereocenters. The van der Waals surface area contributed by atoms with Gasteiger partial charge < -0.3 is 10.5 Å². The molecule has 0 radical (unpaired) electrons. The summed E-state index contributed by atoms with van der Waals surface area (Å²) in [6, 6.07) is 9.05. The molecule has 0 spiro atoms. The van der Waals surface area contributed by atoms with Crippen molar-refractivity contribution >= 4 is 0 Å². The van der Waals surface area contributed by atoms with Gasteiger partial charge in [-0.25, -0.2) is 0 Å². The van der Waals surface area contributed by atoms with Crippen LogP contribution in [0.3, 0.4) is 0 Å². The highest BCUT2D eigenvalue weighted by atomic mass is 16.5. The Morgan fingerprint density at radius 1 is 1.41 bits per heavy atom. The van der Waals surface area contributed by atoms with Crippen LogP contribution in [0.15, 0.2) is 24.3 Å². The fourth-order valence-corrected chi connectivity index (χ4v) is 3.39. The minimum absolute atomic E-state index is 0.297. The van der Waals surface area contributed by atoms with Crippen molar-refractivity contribution in [1.29, 1.82) is 0 Å². The van der Waals surface area contributed by atoms with E-state index in [9.17, 15) is 0 Å². The normalized spacial score (nSPS) is 32.9. The summed E-state index contributed by atoms with van der Waals surface area (Å²) in [4.78, 5) is 0. The summed E-state index contributed by atoms with van der Waals surface area (Å²) in [6.07, 6.45) is 3.82. The molecular weight excluding hydrogens is 210 g/mol. The van der Waals surface area contributed by atoms with Crippen LogP contribution >= 0.6 is 0 Å². The largest absolute Gasteiger partial charge is 0.378 e. The number of benzene rings is 1. The topological polar surface area (TPSA) is 35.2 Å². The van der Waals surface area contributed by atoms with Crippen LogP contribution in [0.25, 0.3) is 0 Å². The van der Waals surface area contributed by atoms with Crippen LogP contribution in [0, 0.1) is 5.92 Å². The predicted molar refractivity (Wildman–Crippen MR) is 69.0 cm³/mol. The van der Waals surface area contributed by atoms with Crippen molar-refractivity contribution < 1.29 is 4.74 Å². The van der Waals surface area contributed by atoms with Crippen LogP contribution in [0.4, 0.5) is 0 Å². The Bertz CT molecular complexity index is 404. The molecule has 1 heterocycles. The average Bonchev–Trinajstić information content (AvgIpc) is 2.72. The van der Waals surface area contributed by atoms with E-state index in [0.717, 1.165) is 19.4 Å². The molecule has 0 bridgehead atoms. The van der Waals surface area contributed by atoms with Gasteiger partial charge in [-0.1, -0.05) is 24.3 Å². The van der Waals surface area contributed by atoms with Crippen LogP contribution in [0.2, 0.25) is 0 Å². The maximum atomic E-state index is 6.36. The zero-order valence-electron chi connectivity index (χ0n) is 10.4. The second kappa shape index (κ2) is 4.43. The lowest BCUT2D eigenvalue weighted by Crippen LogP contribution is -2.37. The van der Waals surface area contributed by atoms with Gasteiger partial charge in [-0.05, 0) is 43.2 Å². The minimum atomic E-state index is 0.297. The van der Waals surface area contributed by atoms with Crippen molar-refractivity contribution in [3.05, 3.63) is 35.4 Å². The molecule has 2 nitrogen and oxygen atoms in total. The zero-order chi connectivity index (χ0) is 11.8. The van der Waals surface area contributed by atoms with Crippen molar-refractivity contribution in [2.45, 2.75) is 44.2 Å². The second-order valence-electron chi connectivity index (χ2n) is 5.53. The fourth-order valence-electron chi connectivity index (χ4n) is 3.39. The number of fused-ring (bicyclic) bond motifs is 1. The summed E-state index contributed by atoms with van der Waals surface area (Å²) in [5, 5.41) is 0. The highest BCUT2D eigenvalue weighted by molar-refractivity contribution is 5.39. The van der Waals surface area contributed by atoms with Crippen LogP contribution in [-0.2, 0) is 11.2 Å². The van der Waals surface area contributed by atoms with E-state index in [1.165, 1.54) is 17.5 Å². The van der Waals surface area contributed by atoms with Crippen molar-refractivity contribution in [2.24, 2.45) is 11.7 Å². The Morgan fingerprint density at radius 3 is 2.94 bits per heavy atom. The van der Waals surface area contributed by atoms with Gasteiger partial charge in [0, 0.05) is 18.6 Å². The summed E-state index contributed by atoms with van der Waals surface area (Å²) in [5.74, 6) is 1.25. The molecule has 1 fully saturated rings. The number of hydrogen-bond acceptors (Lipinski definition) is 2. The smallest absolute Gasteiger partial charge is 0.0590 e. The second-order valence-corrected chi connectivity index (χ2v) is 5.53. The molecule has 92 valence electrons. The van der Waals surface area contributed by atoms with E-state index >= 15 is 0 Å². The highest BCUT2D eigenvalue weighted by Gasteiger charge is 2.34. The van der Waals surface area contributed by atoms with Crippen molar-refractivity contribution in [3.63, 3.8) is 0 Å². The maximum Gasteiger partial charge on any atom is 0.0590 e. The van der Waals surface area contributed by atoms with E-state index in [1.54, 1.807) is 0 Å². The van der Waals surface area contributed by atoms with Gasteiger partial charge in [-0.3, -0.25) is 0 Å². The number of hydrogen-bond donors (Lipinski definition) is 1. The van der Waals surface area contributed by atoms with E-state index in [4.69, 9.17) is 10.5 Å². The number of rotatable bonds is 3. The first-order chi connectivity index (χ1) is 8.25. The zero-order valence-corrected chi connectivity index (χ0v) is 10.4. The first-order valence-electron chi connectivity index (χ1n) is 6.70.